The second-order valence-electron chi connectivity index (χ2n) is 4.50. The lowest BCUT2D eigenvalue weighted by Gasteiger charge is -2.17. The molecule has 6 heteroatoms. The lowest BCUT2D eigenvalue weighted by Crippen LogP contribution is -2.17. The van der Waals surface area contributed by atoms with E-state index in [1.54, 1.807) is 6.07 Å². The van der Waals surface area contributed by atoms with Crippen LogP contribution in [0.2, 0.25) is 0 Å². The van der Waals surface area contributed by atoms with Crippen LogP contribution in [0, 0.1) is 5.92 Å². The molecule has 0 saturated carbocycles. The molecule has 1 aromatic rings. The van der Waals surface area contributed by atoms with Crippen LogP contribution in [0.5, 0.6) is 5.75 Å². The van der Waals surface area contributed by atoms with Gasteiger partial charge in [0.15, 0.2) is 0 Å². The Balaban J connectivity index is 2.30. The van der Waals surface area contributed by atoms with Gasteiger partial charge in [0, 0.05) is 18.2 Å². The van der Waals surface area contributed by atoms with Gasteiger partial charge in [-0.25, -0.2) is 8.78 Å². The zero-order valence-electron chi connectivity index (χ0n) is 10.4. The number of ether oxygens (including phenoxy) is 1. The summed E-state index contributed by atoms with van der Waals surface area (Å²) in [5, 5.41) is 12.0. The quantitative estimate of drug-likeness (QED) is 0.882. The summed E-state index contributed by atoms with van der Waals surface area (Å²) in [7, 11) is 1.34. The van der Waals surface area contributed by atoms with Crippen molar-refractivity contribution >= 4 is 5.97 Å². The third-order valence-electron chi connectivity index (χ3n) is 3.37. The zero-order valence-corrected chi connectivity index (χ0v) is 10.4. The standard InChI is InChI=1S/C13H15F2NO3/c1-19-11-8(3-2-4-9(11)12(14)15)10-5-7(6-16-10)13(17)18/h2-4,7,10,12,16H,5-6H2,1H3,(H,17,18). The lowest BCUT2D eigenvalue weighted by atomic mass is 9.97. The van der Waals surface area contributed by atoms with Gasteiger partial charge in [-0.2, -0.15) is 0 Å². The Kier molecular flexibility index (Phi) is 3.99. The first-order valence-electron chi connectivity index (χ1n) is 5.95. The van der Waals surface area contributed by atoms with Gasteiger partial charge in [-0.15, -0.1) is 0 Å². The highest BCUT2D eigenvalue weighted by molar-refractivity contribution is 5.71. The second-order valence-corrected chi connectivity index (χ2v) is 4.50. The smallest absolute Gasteiger partial charge is 0.307 e. The molecule has 0 aromatic heterocycles. The maximum absolute atomic E-state index is 12.9. The fourth-order valence-corrected chi connectivity index (χ4v) is 2.42. The van der Waals surface area contributed by atoms with E-state index in [1.165, 1.54) is 19.2 Å². The van der Waals surface area contributed by atoms with Crippen molar-refractivity contribution in [3.05, 3.63) is 29.3 Å². The topological polar surface area (TPSA) is 58.6 Å². The molecule has 0 bridgehead atoms. The number of carbonyl (C=O) groups is 1. The molecule has 104 valence electrons. The number of carboxylic acid groups (broad SMARTS) is 1. The van der Waals surface area contributed by atoms with E-state index in [0.29, 0.717) is 18.5 Å². The highest BCUT2D eigenvalue weighted by Gasteiger charge is 2.32. The van der Waals surface area contributed by atoms with Crippen molar-refractivity contribution in [2.45, 2.75) is 18.9 Å². The number of halogens is 2. The number of aliphatic carboxylic acids is 1. The molecule has 0 aliphatic carbocycles. The molecule has 1 aliphatic heterocycles. The maximum atomic E-state index is 12.9. The normalized spacial score (nSPS) is 22.7. The molecule has 2 unspecified atom stereocenters. The third-order valence-corrected chi connectivity index (χ3v) is 3.37. The molecule has 4 nitrogen and oxygen atoms in total. The Morgan fingerprint density at radius 3 is 2.79 bits per heavy atom. The van der Waals surface area contributed by atoms with E-state index >= 15 is 0 Å². The highest BCUT2D eigenvalue weighted by atomic mass is 19.3. The van der Waals surface area contributed by atoms with Gasteiger partial charge in [0.05, 0.1) is 18.6 Å². The number of carboxylic acids is 1. The highest BCUT2D eigenvalue weighted by Crippen LogP contribution is 2.38. The molecule has 1 fully saturated rings. The summed E-state index contributed by atoms with van der Waals surface area (Å²) in [4.78, 5) is 10.9. The Hall–Kier alpha value is -1.69. The van der Waals surface area contributed by atoms with E-state index < -0.39 is 18.3 Å². The minimum Gasteiger partial charge on any atom is -0.496 e. The first-order valence-corrected chi connectivity index (χ1v) is 5.95. The Morgan fingerprint density at radius 1 is 1.53 bits per heavy atom. The van der Waals surface area contributed by atoms with Gasteiger partial charge >= 0.3 is 5.97 Å². The van der Waals surface area contributed by atoms with Crippen LogP contribution in [0.1, 0.15) is 30.0 Å². The predicted molar refractivity (Wildman–Crippen MR) is 64.4 cm³/mol. The first-order chi connectivity index (χ1) is 9.04. The molecular weight excluding hydrogens is 256 g/mol. The minimum absolute atomic E-state index is 0.140. The summed E-state index contributed by atoms with van der Waals surface area (Å²) in [6.45, 7) is 0.335. The number of nitrogens with one attached hydrogen (secondary N) is 1. The van der Waals surface area contributed by atoms with Crippen LogP contribution >= 0.6 is 0 Å². The average Bonchev–Trinajstić information content (AvgIpc) is 2.87. The Morgan fingerprint density at radius 2 is 2.26 bits per heavy atom. The van der Waals surface area contributed by atoms with E-state index in [9.17, 15) is 13.6 Å². The number of alkyl halides is 2. The van der Waals surface area contributed by atoms with Crippen molar-refractivity contribution in [3.8, 4) is 5.75 Å². The molecule has 1 aromatic carbocycles. The monoisotopic (exact) mass is 271 g/mol. The molecule has 1 saturated heterocycles. The molecule has 19 heavy (non-hydrogen) atoms. The first kappa shape index (κ1) is 13.7. The van der Waals surface area contributed by atoms with Crippen LogP contribution in [0.15, 0.2) is 18.2 Å². The van der Waals surface area contributed by atoms with Gasteiger partial charge < -0.3 is 15.2 Å². The molecular formula is C13H15F2NO3. The number of rotatable bonds is 4. The number of hydrogen-bond acceptors (Lipinski definition) is 3. The van der Waals surface area contributed by atoms with E-state index in [2.05, 4.69) is 5.32 Å². The third kappa shape index (κ3) is 2.68. The summed E-state index contributed by atoms with van der Waals surface area (Å²) < 4.78 is 30.9. The van der Waals surface area contributed by atoms with E-state index in [4.69, 9.17) is 9.84 Å². The van der Waals surface area contributed by atoms with Gasteiger partial charge in [0.2, 0.25) is 0 Å². The number of hydrogen-bond donors (Lipinski definition) is 2. The second kappa shape index (κ2) is 5.52. The van der Waals surface area contributed by atoms with Crippen molar-refractivity contribution in [2.24, 2.45) is 5.92 Å². The molecule has 2 N–H and O–H groups in total. The summed E-state index contributed by atoms with van der Waals surface area (Å²) in [6.07, 6.45) is -2.25. The number of methoxy groups -OCH3 is 1. The summed E-state index contributed by atoms with van der Waals surface area (Å²) in [6, 6.07) is 4.27. The van der Waals surface area contributed by atoms with Crippen molar-refractivity contribution < 1.29 is 23.4 Å². The van der Waals surface area contributed by atoms with Gasteiger partial charge in [-0.1, -0.05) is 12.1 Å². The fourth-order valence-electron chi connectivity index (χ4n) is 2.42. The largest absolute Gasteiger partial charge is 0.496 e. The van der Waals surface area contributed by atoms with Crippen LogP contribution in [-0.4, -0.2) is 24.7 Å². The van der Waals surface area contributed by atoms with E-state index in [1.807, 2.05) is 0 Å². The molecule has 0 amide bonds. The van der Waals surface area contributed by atoms with E-state index in [0.717, 1.165) is 0 Å². The molecule has 2 rings (SSSR count). The van der Waals surface area contributed by atoms with Crippen molar-refractivity contribution in [1.82, 2.24) is 5.32 Å². The average molecular weight is 271 g/mol. The molecule has 1 aliphatic rings. The fraction of sp³-hybridized carbons (Fsp3) is 0.462. The van der Waals surface area contributed by atoms with Crippen LogP contribution in [0.4, 0.5) is 8.78 Å². The van der Waals surface area contributed by atoms with Gasteiger partial charge in [-0.05, 0) is 12.5 Å². The van der Waals surface area contributed by atoms with Gasteiger partial charge in [0.25, 0.3) is 6.43 Å². The molecule has 0 radical (unpaired) electrons. The number of benzene rings is 1. The Bertz CT molecular complexity index is 479. The number of para-hydroxylation sites is 1. The Labute approximate surface area is 109 Å². The van der Waals surface area contributed by atoms with Crippen molar-refractivity contribution in [2.75, 3.05) is 13.7 Å². The summed E-state index contributed by atoms with van der Waals surface area (Å²) >= 11 is 0. The molecule has 1 heterocycles. The van der Waals surface area contributed by atoms with Crippen molar-refractivity contribution in [1.29, 1.82) is 0 Å². The van der Waals surface area contributed by atoms with Crippen molar-refractivity contribution in [3.63, 3.8) is 0 Å². The predicted octanol–water partition coefficient (Wildman–Crippen LogP) is 2.37. The van der Waals surface area contributed by atoms with Crippen LogP contribution in [-0.2, 0) is 4.79 Å². The molecule has 2 atom stereocenters. The summed E-state index contributed by atoms with van der Waals surface area (Å²) in [5.41, 5.74) is 0.421. The maximum Gasteiger partial charge on any atom is 0.307 e. The SMILES string of the molecule is COc1c(C(F)F)cccc1C1CC(C(=O)O)CN1. The van der Waals surface area contributed by atoms with Gasteiger partial charge in [-0.3, -0.25) is 4.79 Å². The van der Waals surface area contributed by atoms with E-state index in [-0.39, 0.29) is 17.4 Å². The summed E-state index contributed by atoms with van der Waals surface area (Å²) in [5.74, 6) is -1.23. The van der Waals surface area contributed by atoms with Crippen LogP contribution < -0.4 is 10.1 Å². The van der Waals surface area contributed by atoms with Crippen LogP contribution in [0.25, 0.3) is 0 Å². The zero-order chi connectivity index (χ0) is 14.0. The minimum atomic E-state index is -2.62. The lowest BCUT2D eigenvalue weighted by molar-refractivity contribution is -0.141. The van der Waals surface area contributed by atoms with Crippen LogP contribution in [0.3, 0.4) is 0 Å². The molecule has 0 spiro atoms. The van der Waals surface area contributed by atoms with Gasteiger partial charge in [0.1, 0.15) is 5.75 Å².